The Morgan fingerprint density at radius 1 is 0.241 bits per heavy atom. The molecule has 17 aromatic carbocycles. The van der Waals surface area contributed by atoms with E-state index in [-0.39, 0.29) is 0 Å². The molecule has 2 aliphatic heterocycles. The lowest BCUT2D eigenvalue weighted by Gasteiger charge is -2.39. The standard InChI is InChI=1S/C105H61N5O2/c1-3-25-62(26-4-1)63-49-51-66(52-50-63)100-76-35-13-20-46-87(76)107-103(108-100)110-89-58-54-69-68(36-23-37-74(69)97(89)99-91(110)60-56-84-101(99)111-92-47-21-17-42-81(92)104(84)78-39-14-9-31-70(78)71-32-10-15-40-79(71)104)73-38-24-44-83-95(73)75-34-11-16-41-80(75)105(83)82-43-18-22-48-93(82)112-102-85(105)55-59-90-98(102)96-67-30-8-7-29-65(67)53-57-88(96)109(90)94-61-77(64-27-5-2-6-28-64)72-33-12-19-45-86(72)106-94/h1-61H. The molecule has 2 spiro atoms. The fourth-order valence-corrected chi connectivity index (χ4v) is 20.4. The Balaban J connectivity index is 0.751. The molecule has 0 radical (unpaired) electrons. The third-order valence-corrected chi connectivity index (χ3v) is 24.9. The summed E-state index contributed by atoms with van der Waals surface area (Å²) in [5.41, 5.74) is 26.9. The van der Waals surface area contributed by atoms with Crippen molar-refractivity contribution in [2.24, 2.45) is 0 Å². The van der Waals surface area contributed by atoms with Gasteiger partial charge in [-0.3, -0.25) is 9.13 Å². The van der Waals surface area contributed by atoms with Gasteiger partial charge in [0.2, 0.25) is 5.95 Å². The van der Waals surface area contributed by atoms with Gasteiger partial charge < -0.3 is 9.47 Å². The number of fused-ring (bicyclic) bond motifs is 32. The van der Waals surface area contributed by atoms with Crippen molar-refractivity contribution in [3.05, 3.63) is 415 Å². The monoisotopic (exact) mass is 1420 g/mol. The first-order valence-electron chi connectivity index (χ1n) is 38.5. The molecule has 518 valence electrons. The maximum absolute atomic E-state index is 7.72. The van der Waals surface area contributed by atoms with Crippen LogP contribution in [0.25, 0.3) is 166 Å². The summed E-state index contributed by atoms with van der Waals surface area (Å²) in [6.07, 6.45) is 0. The third kappa shape index (κ3) is 8.09. The van der Waals surface area contributed by atoms with E-state index in [1.807, 2.05) is 0 Å². The number of pyridine rings is 1. The summed E-state index contributed by atoms with van der Waals surface area (Å²) in [5, 5.41) is 10.7. The van der Waals surface area contributed by atoms with E-state index >= 15 is 0 Å². The highest BCUT2D eigenvalue weighted by atomic mass is 16.5. The van der Waals surface area contributed by atoms with E-state index in [9.17, 15) is 0 Å². The van der Waals surface area contributed by atoms with Crippen LogP contribution in [-0.4, -0.2) is 24.1 Å². The summed E-state index contributed by atoms with van der Waals surface area (Å²) in [7, 11) is 0. The Kier molecular flexibility index (Phi) is 12.5. The maximum atomic E-state index is 7.72. The molecule has 7 heteroatoms. The molecule has 2 aliphatic carbocycles. The van der Waals surface area contributed by atoms with Gasteiger partial charge in [0.25, 0.3) is 0 Å². The SMILES string of the molecule is c1ccc(-c2ccc(-c3nc(-n4c5ccc6c(c5c5c7cccc(-c8cccc9c8-c8ccccc8C98c9ccccc9Oc9c8ccc8c9c9c%10ccccc%10ccc9n8-c8cc(-c9ccccc9)c9ccccc9n8)c7ccc54)Oc4ccccc4C64c5ccccc5-c5ccccc54)nc4ccccc34)cc2)cc1. The highest BCUT2D eigenvalue weighted by Gasteiger charge is 2.54. The molecule has 112 heavy (non-hydrogen) atoms. The topological polar surface area (TPSA) is 67.0 Å². The fraction of sp³-hybridized carbons (Fsp3) is 0.0190. The van der Waals surface area contributed by atoms with Crippen LogP contribution in [0.1, 0.15) is 44.5 Å². The lowest BCUT2D eigenvalue weighted by atomic mass is 9.65. The molecule has 0 fully saturated rings. The van der Waals surface area contributed by atoms with Crippen molar-refractivity contribution in [3.8, 4) is 102 Å². The van der Waals surface area contributed by atoms with Gasteiger partial charge in [0.1, 0.15) is 28.8 Å². The molecule has 1 atom stereocenters. The van der Waals surface area contributed by atoms with Crippen molar-refractivity contribution in [1.82, 2.24) is 24.1 Å². The minimum atomic E-state index is -0.838. The Labute approximate surface area is 643 Å². The number of hydrogen-bond acceptors (Lipinski definition) is 5. The summed E-state index contributed by atoms with van der Waals surface area (Å²) >= 11 is 0. The highest BCUT2D eigenvalue weighted by molar-refractivity contribution is 6.27. The highest BCUT2D eigenvalue weighted by Crippen LogP contribution is 2.67. The minimum absolute atomic E-state index is 0.566. The quantitative estimate of drug-likeness (QED) is 0.166. The molecule has 0 saturated carbocycles. The van der Waals surface area contributed by atoms with Gasteiger partial charge in [-0.2, -0.15) is 0 Å². The van der Waals surface area contributed by atoms with Crippen LogP contribution in [0, 0.1) is 0 Å². The third-order valence-electron chi connectivity index (χ3n) is 24.9. The molecule has 6 heterocycles. The molecule has 25 rings (SSSR count). The average molecular weight is 1420 g/mol. The van der Waals surface area contributed by atoms with Crippen molar-refractivity contribution in [1.29, 1.82) is 0 Å². The first-order valence-corrected chi connectivity index (χ1v) is 38.5. The van der Waals surface area contributed by atoms with Crippen LogP contribution in [0.2, 0.25) is 0 Å². The van der Waals surface area contributed by atoms with E-state index in [0.717, 1.165) is 183 Å². The summed E-state index contributed by atoms with van der Waals surface area (Å²) in [6.45, 7) is 0. The number of hydrogen-bond donors (Lipinski definition) is 0. The smallest absolute Gasteiger partial charge is 0.235 e. The molecule has 0 bridgehead atoms. The molecule has 0 saturated heterocycles. The van der Waals surface area contributed by atoms with E-state index in [1.54, 1.807) is 0 Å². The molecule has 21 aromatic rings. The molecule has 7 nitrogen and oxygen atoms in total. The van der Waals surface area contributed by atoms with Gasteiger partial charge in [0, 0.05) is 49.4 Å². The lowest BCUT2D eigenvalue weighted by molar-refractivity contribution is 0.442. The van der Waals surface area contributed by atoms with Crippen LogP contribution in [0.4, 0.5) is 0 Å². The van der Waals surface area contributed by atoms with E-state index in [0.29, 0.717) is 5.95 Å². The van der Waals surface area contributed by atoms with Crippen LogP contribution >= 0.6 is 0 Å². The average Bonchev–Trinajstić information content (AvgIpc) is 1.50. The van der Waals surface area contributed by atoms with Gasteiger partial charge in [-0.15, -0.1) is 0 Å². The fourth-order valence-electron chi connectivity index (χ4n) is 20.4. The number of para-hydroxylation sites is 4. The summed E-state index contributed by atoms with van der Waals surface area (Å²) in [4.78, 5) is 16.9. The maximum Gasteiger partial charge on any atom is 0.235 e. The van der Waals surface area contributed by atoms with E-state index in [1.165, 1.54) is 44.5 Å². The van der Waals surface area contributed by atoms with Crippen molar-refractivity contribution >= 4 is 87.0 Å². The van der Waals surface area contributed by atoms with Gasteiger partial charge in [0.05, 0.1) is 60.4 Å². The molecule has 4 aliphatic rings. The van der Waals surface area contributed by atoms with Crippen molar-refractivity contribution in [2.75, 3.05) is 0 Å². The van der Waals surface area contributed by atoms with Gasteiger partial charge in [-0.25, -0.2) is 15.0 Å². The minimum Gasteiger partial charge on any atom is -0.456 e. The zero-order valence-electron chi connectivity index (χ0n) is 60.3. The van der Waals surface area contributed by atoms with Crippen molar-refractivity contribution in [2.45, 2.75) is 10.8 Å². The molecule has 0 N–H and O–H groups in total. The zero-order valence-corrected chi connectivity index (χ0v) is 60.3. The second-order valence-electron chi connectivity index (χ2n) is 30.2. The second kappa shape index (κ2) is 22.9. The first kappa shape index (κ1) is 61.2. The van der Waals surface area contributed by atoms with Crippen LogP contribution in [0.15, 0.2) is 370 Å². The van der Waals surface area contributed by atoms with Crippen LogP contribution in [-0.2, 0) is 10.8 Å². The molecule has 4 aromatic heterocycles. The van der Waals surface area contributed by atoms with E-state index < -0.39 is 10.8 Å². The van der Waals surface area contributed by atoms with Gasteiger partial charge in [0.15, 0.2) is 0 Å². The van der Waals surface area contributed by atoms with Gasteiger partial charge in [-0.1, -0.05) is 315 Å². The Hall–Kier alpha value is -14.8. The number of rotatable bonds is 6. The molecule has 1 unspecified atom stereocenters. The van der Waals surface area contributed by atoms with E-state index in [2.05, 4.69) is 379 Å². The largest absolute Gasteiger partial charge is 0.456 e. The molecular weight excluding hydrogens is 1360 g/mol. The lowest BCUT2D eigenvalue weighted by Crippen LogP contribution is -2.32. The second-order valence-corrected chi connectivity index (χ2v) is 30.2. The van der Waals surface area contributed by atoms with Crippen LogP contribution in [0.3, 0.4) is 0 Å². The Bertz CT molecular complexity index is 7660. The van der Waals surface area contributed by atoms with Gasteiger partial charge in [-0.05, 0) is 154 Å². The summed E-state index contributed by atoms with van der Waals surface area (Å²) in [5.74, 6) is 4.68. The van der Waals surface area contributed by atoms with Crippen molar-refractivity contribution < 1.29 is 9.47 Å². The predicted octanol–water partition coefficient (Wildman–Crippen LogP) is 26.3. The van der Waals surface area contributed by atoms with Gasteiger partial charge >= 0.3 is 0 Å². The number of ether oxygens (including phenoxy) is 2. The van der Waals surface area contributed by atoms with Crippen molar-refractivity contribution in [3.63, 3.8) is 0 Å². The number of aromatic nitrogens is 5. The first-order chi connectivity index (χ1) is 55.6. The predicted molar refractivity (Wildman–Crippen MR) is 455 cm³/mol. The normalized spacial score (nSPS) is 14.5. The van der Waals surface area contributed by atoms with Crippen LogP contribution < -0.4 is 9.47 Å². The van der Waals surface area contributed by atoms with E-state index in [4.69, 9.17) is 24.4 Å². The Morgan fingerprint density at radius 2 is 0.696 bits per heavy atom. The molecule has 0 amide bonds. The Morgan fingerprint density at radius 3 is 1.39 bits per heavy atom. The zero-order chi connectivity index (χ0) is 73.1. The van der Waals surface area contributed by atoms with Crippen LogP contribution in [0.5, 0.6) is 23.0 Å². The summed E-state index contributed by atoms with van der Waals surface area (Å²) in [6, 6.07) is 135. The molecular formula is C105H61N5O2. The number of nitrogens with zero attached hydrogens (tertiary/aromatic N) is 5. The summed E-state index contributed by atoms with van der Waals surface area (Å²) < 4.78 is 20.1. The number of benzene rings is 17.